The predicted octanol–water partition coefficient (Wildman–Crippen LogP) is 3.71. The second kappa shape index (κ2) is 6.67. The quantitative estimate of drug-likeness (QED) is 0.869. The van der Waals surface area contributed by atoms with Crippen LogP contribution in [-0.2, 0) is 10.5 Å². The lowest BCUT2D eigenvalue weighted by molar-refractivity contribution is -0.121. The van der Waals surface area contributed by atoms with Gasteiger partial charge in [-0.1, -0.05) is 23.7 Å². The van der Waals surface area contributed by atoms with Crippen LogP contribution < -0.4 is 0 Å². The van der Waals surface area contributed by atoms with Gasteiger partial charge in [0.05, 0.1) is 25.5 Å². The van der Waals surface area contributed by atoms with Gasteiger partial charge in [0.15, 0.2) is 0 Å². The van der Waals surface area contributed by atoms with E-state index in [9.17, 15) is 5.11 Å². The maximum atomic E-state index is 9.39. The Kier molecular flexibility index (Phi) is 4.86. The highest BCUT2D eigenvalue weighted by Crippen LogP contribution is 2.33. The number of halogens is 1. The van der Waals surface area contributed by atoms with Crippen LogP contribution >= 0.6 is 34.7 Å². The monoisotopic (exact) mass is 341 g/mol. The maximum Gasteiger partial charge on any atom is 0.123 e. The zero-order valence-electron chi connectivity index (χ0n) is 11.4. The molecule has 1 saturated heterocycles. The number of thioether (sulfide) groups is 1. The molecule has 21 heavy (non-hydrogen) atoms. The first-order chi connectivity index (χ1) is 10.2. The largest absolute Gasteiger partial charge is 0.396 e. The van der Waals surface area contributed by atoms with Crippen molar-refractivity contribution in [3.05, 3.63) is 40.4 Å². The van der Waals surface area contributed by atoms with Crippen LogP contribution in [0.1, 0.15) is 5.69 Å². The molecular weight excluding hydrogens is 326 g/mol. The Labute approximate surface area is 137 Å². The highest BCUT2D eigenvalue weighted by molar-refractivity contribution is 7.98. The Morgan fingerprint density at radius 1 is 1.33 bits per heavy atom. The number of thiazole rings is 1. The van der Waals surface area contributed by atoms with Gasteiger partial charge in [-0.2, -0.15) is 11.8 Å². The fourth-order valence-corrected chi connectivity index (χ4v) is 4.29. The van der Waals surface area contributed by atoms with E-state index < -0.39 is 0 Å². The summed E-state index contributed by atoms with van der Waals surface area (Å²) in [6.45, 7) is 1.54. The molecule has 0 saturated carbocycles. The second-order valence-corrected chi connectivity index (χ2v) is 7.57. The Morgan fingerprint density at radius 3 is 2.71 bits per heavy atom. The molecule has 6 heteroatoms. The fourth-order valence-electron chi connectivity index (χ4n) is 2.08. The third-order valence-corrected chi connectivity index (χ3v) is 5.96. The molecule has 112 valence electrons. The number of aromatic nitrogens is 1. The summed E-state index contributed by atoms with van der Waals surface area (Å²) >= 11 is 9.36. The van der Waals surface area contributed by atoms with E-state index in [2.05, 4.69) is 10.4 Å². The maximum absolute atomic E-state index is 9.39. The predicted molar refractivity (Wildman–Crippen MR) is 89.1 cm³/mol. The lowest BCUT2D eigenvalue weighted by atomic mass is 9.90. The summed E-state index contributed by atoms with van der Waals surface area (Å²) in [6.07, 6.45) is 0. The number of hydrogen-bond donors (Lipinski definition) is 1. The molecule has 0 aliphatic carbocycles. The molecule has 0 unspecified atom stereocenters. The van der Waals surface area contributed by atoms with E-state index in [-0.39, 0.29) is 12.0 Å². The summed E-state index contributed by atoms with van der Waals surface area (Å²) in [6, 6.07) is 7.75. The lowest BCUT2D eigenvalue weighted by Crippen LogP contribution is -2.47. The fraction of sp³-hybridized carbons (Fsp3) is 0.400. The topological polar surface area (TPSA) is 42.4 Å². The number of benzene rings is 1. The van der Waals surface area contributed by atoms with Gasteiger partial charge < -0.3 is 9.84 Å². The van der Waals surface area contributed by atoms with Crippen LogP contribution in [-0.4, -0.2) is 35.7 Å². The standard InChI is InChI=1S/C15H16ClNO2S2/c16-12-3-1-11(2-4-12)14-17-13(6-21-14)5-20-10-15(7-18)8-19-9-15/h1-4,6,18H,5,7-10H2. The van der Waals surface area contributed by atoms with Gasteiger partial charge in [0, 0.05) is 32.9 Å². The molecule has 0 atom stereocenters. The van der Waals surface area contributed by atoms with Gasteiger partial charge in [-0.05, 0) is 12.1 Å². The van der Waals surface area contributed by atoms with E-state index >= 15 is 0 Å². The van der Waals surface area contributed by atoms with Crippen LogP contribution in [0.5, 0.6) is 0 Å². The Bertz CT molecular complexity index is 590. The number of aliphatic hydroxyl groups is 1. The smallest absolute Gasteiger partial charge is 0.123 e. The first-order valence-electron chi connectivity index (χ1n) is 6.67. The van der Waals surface area contributed by atoms with E-state index in [4.69, 9.17) is 16.3 Å². The summed E-state index contributed by atoms with van der Waals surface area (Å²) in [5, 5.41) is 13.2. The zero-order valence-corrected chi connectivity index (χ0v) is 13.8. The molecule has 2 heterocycles. The molecule has 3 rings (SSSR count). The Balaban J connectivity index is 1.56. The van der Waals surface area contributed by atoms with Crippen molar-refractivity contribution in [3.63, 3.8) is 0 Å². The molecule has 0 amide bonds. The Morgan fingerprint density at radius 2 is 2.10 bits per heavy atom. The van der Waals surface area contributed by atoms with Crippen molar-refractivity contribution >= 4 is 34.7 Å². The van der Waals surface area contributed by atoms with Crippen LogP contribution in [0.3, 0.4) is 0 Å². The minimum atomic E-state index is -0.0281. The number of aliphatic hydroxyl groups excluding tert-OH is 1. The van der Waals surface area contributed by atoms with E-state index in [0.29, 0.717) is 13.2 Å². The van der Waals surface area contributed by atoms with Crippen LogP contribution in [0.4, 0.5) is 0 Å². The number of rotatable bonds is 6. The first-order valence-corrected chi connectivity index (χ1v) is 9.09. The number of ether oxygens (including phenoxy) is 1. The highest BCUT2D eigenvalue weighted by Gasteiger charge is 2.37. The molecule has 2 aromatic rings. The molecule has 1 aromatic carbocycles. The van der Waals surface area contributed by atoms with Crippen molar-refractivity contribution in [1.82, 2.24) is 4.98 Å². The highest BCUT2D eigenvalue weighted by atomic mass is 35.5. The van der Waals surface area contributed by atoms with E-state index in [1.165, 1.54) is 0 Å². The summed E-state index contributed by atoms with van der Waals surface area (Å²) < 4.78 is 5.21. The van der Waals surface area contributed by atoms with Crippen molar-refractivity contribution in [2.45, 2.75) is 5.75 Å². The van der Waals surface area contributed by atoms with Gasteiger partial charge in [-0.15, -0.1) is 11.3 Å². The minimum absolute atomic E-state index is 0.0281. The molecule has 1 N–H and O–H groups in total. The average molecular weight is 342 g/mol. The van der Waals surface area contributed by atoms with Gasteiger partial charge >= 0.3 is 0 Å². The molecular formula is C15H16ClNO2S2. The average Bonchev–Trinajstić information content (AvgIpc) is 2.91. The van der Waals surface area contributed by atoms with E-state index in [1.54, 1.807) is 11.3 Å². The first kappa shape index (κ1) is 15.3. The summed E-state index contributed by atoms with van der Waals surface area (Å²) in [4.78, 5) is 4.66. The van der Waals surface area contributed by atoms with Crippen LogP contribution in [0.25, 0.3) is 10.6 Å². The molecule has 1 aliphatic heterocycles. The lowest BCUT2D eigenvalue weighted by Gasteiger charge is -2.39. The Hall–Kier alpha value is -0.590. The molecule has 0 spiro atoms. The summed E-state index contributed by atoms with van der Waals surface area (Å²) in [5.41, 5.74) is 2.16. The van der Waals surface area contributed by atoms with Crippen molar-refractivity contribution in [3.8, 4) is 10.6 Å². The van der Waals surface area contributed by atoms with Crippen molar-refractivity contribution in [1.29, 1.82) is 0 Å². The van der Waals surface area contributed by atoms with Crippen LogP contribution in [0, 0.1) is 5.41 Å². The third kappa shape index (κ3) is 3.60. The van der Waals surface area contributed by atoms with E-state index in [1.807, 2.05) is 36.0 Å². The van der Waals surface area contributed by atoms with Crippen molar-refractivity contribution in [2.24, 2.45) is 5.41 Å². The van der Waals surface area contributed by atoms with Gasteiger partial charge in [-0.3, -0.25) is 0 Å². The molecule has 1 fully saturated rings. The molecule has 3 nitrogen and oxygen atoms in total. The third-order valence-electron chi connectivity index (χ3n) is 3.45. The summed E-state index contributed by atoms with van der Waals surface area (Å²) in [7, 11) is 0. The van der Waals surface area contributed by atoms with E-state index in [0.717, 1.165) is 32.8 Å². The van der Waals surface area contributed by atoms with Gasteiger partial charge in [0.25, 0.3) is 0 Å². The second-order valence-electron chi connectivity index (χ2n) is 5.29. The molecule has 1 aromatic heterocycles. The number of hydrogen-bond acceptors (Lipinski definition) is 5. The van der Waals surface area contributed by atoms with Crippen molar-refractivity contribution < 1.29 is 9.84 Å². The normalized spacial score (nSPS) is 16.7. The van der Waals surface area contributed by atoms with Gasteiger partial charge in [-0.25, -0.2) is 4.98 Å². The molecule has 0 radical (unpaired) electrons. The van der Waals surface area contributed by atoms with Crippen LogP contribution in [0.2, 0.25) is 5.02 Å². The van der Waals surface area contributed by atoms with Gasteiger partial charge in [0.2, 0.25) is 0 Å². The molecule has 0 bridgehead atoms. The number of nitrogens with zero attached hydrogens (tertiary/aromatic N) is 1. The zero-order chi connectivity index (χ0) is 14.7. The van der Waals surface area contributed by atoms with Gasteiger partial charge in [0.1, 0.15) is 5.01 Å². The SMILES string of the molecule is OCC1(CSCc2csc(-c3ccc(Cl)cc3)n2)COC1. The molecule has 1 aliphatic rings. The van der Waals surface area contributed by atoms with Crippen molar-refractivity contribution in [2.75, 3.05) is 25.6 Å². The summed E-state index contributed by atoms with van der Waals surface area (Å²) in [5.74, 6) is 1.78. The van der Waals surface area contributed by atoms with Crippen LogP contribution in [0.15, 0.2) is 29.6 Å². The minimum Gasteiger partial charge on any atom is -0.396 e.